The smallest absolute Gasteiger partial charge is 0.407 e. The number of rotatable bonds is 3. The molecule has 0 saturated heterocycles. The van der Waals surface area contributed by atoms with Gasteiger partial charge in [0.15, 0.2) is 11.5 Å². The maximum absolute atomic E-state index is 11.7. The van der Waals surface area contributed by atoms with Gasteiger partial charge in [0, 0.05) is 24.7 Å². The van der Waals surface area contributed by atoms with Crippen LogP contribution in [-0.2, 0) is 4.74 Å². The first kappa shape index (κ1) is 15.6. The maximum Gasteiger partial charge on any atom is 0.407 e. The van der Waals surface area contributed by atoms with Crippen molar-refractivity contribution < 1.29 is 13.9 Å². The number of aryl methyl sites for hydroxylation is 1. The van der Waals surface area contributed by atoms with E-state index < -0.39 is 5.60 Å². The first-order chi connectivity index (χ1) is 10.8. The first-order valence-corrected chi connectivity index (χ1v) is 7.92. The molecule has 0 spiro atoms. The normalized spacial score (nSPS) is 20.9. The van der Waals surface area contributed by atoms with E-state index in [9.17, 15) is 4.79 Å². The SMILES string of the molecule is Cc1nc2cc(NC3CC(NC(=O)OC(C)(C)C)C3)ccc2o1. The molecule has 1 saturated carbocycles. The van der Waals surface area contributed by atoms with Gasteiger partial charge in [-0.3, -0.25) is 0 Å². The molecule has 1 aliphatic carbocycles. The molecular formula is C17H23N3O3. The third kappa shape index (κ3) is 3.94. The highest BCUT2D eigenvalue weighted by atomic mass is 16.6. The number of nitrogens with one attached hydrogen (secondary N) is 2. The van der Waals surface area contributed by atoms with Crippen LogP contribution in [0.25, 0.3) is 11.1 Å². The van der Waals surface area contributed by atoms with Crippen LogP contribution in [0.3, 0.4) is 0 Å². The molecule has 1 aromatic heterocycles. The maximum atomic E-state index is 11.7. The fraction of sp³-hybridized carbons (Fsp3) is 0.529. The molecule has 1 fully saturated rings. The second-order valence-corrected chi connectivity index (χ2v) is 7.07. The van der Waals surface area contributed by atoms with Gasteiger partial charge in [-0.1, -0.05) is 0 Å². The number of oxazole rings is 1. The number of ether oxygens (including phenoxy) is 1. The zero-order chi connectivity index (χ0) is 16.6. The predicted molar refractivity (Wildman–Crippen MR) is 88.5 cm³/mol. The molecule has 0 unspecified atom stereocenters. The Kier molecular flexibility index (Phi) is 3.92. The van der Waals surface area contributed by atoms with Crippen molar-refractivity contribution in [2.75, 3.05) is 5.32 Å². The van der Waals surface area contributed by atoms with Gasteiger partial charge in [-0.05, 0) is 51.8 Å². The van der Waals surface area contributed by atoms with Gasteiger partial charge in [-0.25, -0.2) is 9.78 Å². The number of alkyl carbamates (subject to hydrolysis) is 1. The zero-order valence-electron chi connectivity index (χ0n) is 14.0. The van der Waals surface area contributed by atoms with Crippen molar-refractivity contribution in [3.8, 4) is 0 Å². The summed E-state index contributed by atoms with van der Waals surface area (Å²) in [6.07, 6.45) is 1.42. The molecule has 3 rings (SSSR count). The van der Waals surface area contributed by atoms with E-state index >= 15 is 0 Å². The van der Waals surface area contributed by atoms with Gasteiger partial charge < -0.3 is 19.8 Å². The Hall–Kier alpha value is -2.24. The molecule has 1 aliphatic rings. The molecule has 0 bridgehead atoms. The van der Waals surface area contributed by atoms with Crippen LogP contribution in [-0.4, -0.2) is 28.8 Å². The minimum atomic E-state index is -0.462. The molecule has 0 aliphatic heterocycles. The van der Waals surface area contributed by atoms with Gasteiger partial charge in [0.2, 0.25) is 0 Å². The number of aromatic nitrogens is 1. The van der Waals surface area contributed by atoms with Crippen molar-refractivity contribution in [2.24, 2.45) is 0 Å². The van der Waals surface area contributed by atoms with Gasteiger partial charge in [0.1, 0.15) is 11.1 Å². The van der Waals surface area contributed by atoms with Gasteiger partial charge in [0.05, 0.1) is 0 Å². The quantitative estimate of drug-likeness (QED) is 0.904. The highest BCUT2D eigenvalue weighted by Crippen LogP contribution is 2.26. The Balaban J connectivity index is 1.48. The fourth-order valence-corrected chi connectivity index (χ4v) is 2.70. The molecule has 2 N–H and O–H groups in total. The summed E-state index contributed by atoms with van der Waals surface area (Å²) in [5.74, 6) is 0.669. The summed E-state index contributed by atoms with van der Waals surface area (Å²) in [6, 6.07) is 6.41. The van der Waals surface area contributed by atoms with Gasteiger partial charge in [-0.2, -0.15) is 0 Å². The third-order valence-electron chi connectivity index (χ3n) is 3.72. The second-order valence-electron chi connectivity index (χ2n) is 7.07. The van der Waals surface area contributed by atoms with Crippen molar-refractivity contribution in [1.82, 2.24) is 10.3 Å². The van der Waals surface area contributed by atoms with Crippen molar-refractivity contribution in [3.05, 3.63) is 24.1 Å². The minimum absolute atomic E-state index is 0.167. The van der Waals surface area contributed by atoms with Gasteiger partial charge in [0.25, 0.3) is 0 Å². The van der Waals surface area contributed by atoms with Crippen LogP contribution in [0.1, 0.15) is 39.5 Å². The summed E-state index contributed by atoms with van der Waals surface area (Å²) in [6.45, 7) is 7.42. The van der Waals surface area contributed by atoms with Crippen molar-refractivity contribution in [1.29, 1.82) is 0 Å². The molecule has 1 amide bonds. The Bertz CT molecular complexity index is 711. The van der Waals surface area contributed by atoms with Crippen LogP contribution < -0.4 is 10.6 Å². The summed E-state index contributed by atoms with van der Waals surface area (Å²) in [4.78, 5) is 16.0. The summed E-state index contributed by atoms with van der Waals surface area (Å²) >= 11 is 0. The van der Waals surface area contributed by atoms with Crippen molar-refractivity contribution >= 4 is 22.9 Å². The molecule has 0 radical (unpaired) electrons. The van der Waals surface area contributed by atoms with E-state index in [1.54, 1.807) is 0 Å². The lowest BCUT2D eigenvalue weighted by molar-refractivity contribution is 0.0475. The molecule has 6 nitrogen and oxygen atoms in total. The molecule has 6 heteroatoms. The van der Waals surface area contributed by atoms with Gasteiger partial charge in [-0.15, -0.1) is 0 Å². The van der Waals surface area contributed by atoms with E-state index in [-0.39, 0.29) is 12.1 Å². The number of benzene rings is 1. The average molecular weight is 317 g/mol. The molecular weight excluding hydrogens is 294 g/mol. The number of nitrogens with zero attached hydrogens (tertiary/aromatic N) is 1. The van der Waals surface area contributed by atoms with Crippen LogP contribution in [0.5, 0.6) is 0 Å². The summed E-state index contributed by atoms with van der Waals surface area (Å²) < 4.78 is 10.7. The minimum Gasteiger partial charge on any atom is -0.444 e. The number of fused-ring (bicyclic) bond motifs is 1. The first-order valence-electron chi connectivity index (χ1n) is 7.92. The van der Waals surface area contributed by atoms with Crippen LogP contribution in [0.4, 0.5) is 10.5 Å². The van der Waals surface area contributed by atoms with E-state index in [0.29, 0.717) is 11.9 Å². The number of amides is 1. The molecule has 1 heterocycles. The Labute approximate surface area is 135 Å². The lowest BCUT2D eigenvalue weighted by atomic mass is 9.86. The number of anilines is 1. The van der Waals surface area contributed by atoms with Crippen LogP contribution in [0.2, 0.25) is 0 Å². The summed E-state index contributed by atoms with van der Waals surface area (Å²) in [7, 11) is 0. The highest BCUT2D eigenvalue weighted by molar-refractivity contribution is 5.77. The molecule has 23 heavy (non-hydrogen) atoms. The molecule has 124 valence electrons. The molecule has 1 aromatic carbocycles. The second kappa shape index (κ2) is 5.76. The summed E-state index contributed by atoms with van der Waals surface area (Å²) in [5, 5.41) is 6.35. The standard InChI is InChI=1S/C17H23N3O3/c1-10-18-14-9-11(5-6-15(14)22-10)19-12-7-13(8-12)20-16(21)23-17(2,3)4/h5-6,9,12-13,19H,7-8H2,1-4H3,(H,20,21). The predicted octanol–water partition coefficient (Wildman–Crippen LogP) is 3.60. The topological polar surface area (TPSA) is 76.4 Å². The molecule has 2 aromatic rings. The molecule has 0 atom stereocenters. The third-order valence-corrected chi connectivity index (χ3v) is 3.72. The monoisotopic (exact) mass is 317 g/mol. The van der Waals surface area contributed by atoms with Crippen LogP contribution in [0.15, 0.2) is 22.6 Å². The zero-order valence-corrected chi connectivity index (χ0v) is 14.0. The number of hydrogen-bond acceptors (Lipinski definition) is 5. The van der Waals surface area contributed by atoms with Crippen molar-refractivity contribution in [3.63, 3.8) is 0 Å². The van der Waals surface area contributed by atoms with E-state index in [2.05, 4.69) is 15.6 Å². The van der Waals surface area contributed by atoms with E-state index in [1.807, 2.05) is 45.9 Å². The lowest BCUT2D eigenvalue weighted by Crippen LogP contribution is -2.50. The van der Waals surface area contributed by atoms with Crippen molar-refractivity contribution in [2.45, 2.75) is 58.2 Å². The highest BCUT2D eigenvalue weighted by Gasteiger charge is 2.31. The number of carbonyl (C=O) groups is 1. The van der Waals surface area contributed by atoms with E-state index in [4.69, 9.17) is 9.15 Å². The Morgan fingerprint density at radius 1 is 1.30 bits per heavy atom. The fourth-order valence-electron chi connectivity index (χ4n) is 2.70. The Morgan fingerprint density at radius 3 is 2.74 bits per heavy atom. The largest absolute Gasteiger partial charge is 0.444 e. The van der Waals surface area contributed by atoms with Gasteiger partial charge >= 0.3 is 6.09 Å². The van der Waals surface area contributed by atoms with Crippen LogP contribution >= 0.6 is 0 Å². The van der Waals surface area contributed by atoms with E-state index in [1.165, 1.54) is 0 Å². The lowest BCUT2D eigenvalue weighted by Gasteiger charge is -2.37. The average Bonchev–Trinajstić information content (AvgIpc) is 2.73. The number of hydrogen-bond donors (Lipinski definition) is 2. The summed E-state index contributed by atoms with van der Waals surface area (Å²) in [5.41, 5.74) is 2.21. The Morgan fingerprint density at radius 2 is 2.04 bits per heavy atom. The number of carbonyl (C=O) groups excluding carboxylic acids is 1. The van der Waals surface area contributed by atoms with E-state index in [0.717, 1.165) is 29.6 Å². The van der Waals surface area contributed by atoms with Crippen LogP contribution in [0, 0.1) is 6.92 Å².